The van der Waals surface area contributed by atoms with E-state index in [1.165, 1.54) is 36.3 Å². The molecule has 0 spiro atoms. The number of rotatable bonds is 5. The molecule has 0 atom stereocenters. The lowest BCUT2D eigenvalue weighted by Crippen LogP contribution is -2.16. The summed E-state index contributed by atoms with van der Waals surface area (Å²) in [5.41, 5.74) is 0.905. The first-order valence-corrected chi connectivity index (χ1v) is 10.6. The zero-order chi connectivity index (χ0) is 23.6. The van der Waals surface area contributed by atoms with E-state index in [4.69, 9.17) is 9.84 Å². The number of methoxy groups -OCH3 is 1. The van der Waals surface area contributed by atoms with Crippen molar-refractivity contribution in [2.45, 2.75) is 4.90 Å². The van der Waals surface area contributed by atoms with Crippen LogP contribution >= 0.6 is 0 Å². The number of aliphatic hydroxyl groups is 1. The number of benzene rings is 1. The van der Waals surface area contributed by atoms with E-state index in [1.807, 2.05) is 0 Å². The van der Waals surface area contributed by atoms with E-state index >= 15 is 0 Å². The third-order valence-electron chi connectivity index (χ3n) is 4.29. The molecule has 0 saturated carbocycles. The van der Waals surface area contributed by atoms with Gasteiger partial charge in [-0.3, -0.25) is 4.72 Å². The van der Waals surface area contributed by atoms with Crippen LogP contribution in [0.2, 0.25) is 0 Å². The number of aromatic nitrogens is 5. The lowest BCUT2D eigenvalue weighted by molar-refractivity contribution is 0.350. The minimum Gasteiger partial charge on any atom is -0.480 e. The first kappa shape index (κ1) is 22.1. The Hall–Kier alpha value is -4.15. The van der Waals surface area contributed by atoms with E-state index in [-0.39, 0.29) is 29.6 Å². The van der Waals surface area contributed by atoms with Gasteiger partial charge in [0.1, 0.15) is 40.2 Å². The van der Waals surface area contributed by atoms with Gasteiger partial charge in [-0.15, -0.1) is 0 Å². The van der Waals surface area contributed by atoms with Gasteiger partial charge in [0.2, 0.25) is 5.88 Å². The van der Waals surface area contributed by atoms with Gasteiger partial charge in [-0.2, -0.15) is 9.61 Å². The molecule has 0 amide bonds. The lowest BCUT2D eigenvalue weighted by atomic mass is 10.2. The molecule has 0 bridgehead atoms. The molecule has 0 fully saturated rings. The third kappa shape index (κ3) is 4.43. The monoisotopic (exact) mass is 472 g/mol. The van der Waals surface area contributed by atoms with Gasteiger partial charge < -0.3 is 9.84 Å². The quantitative estimate of drug-likeness (QED) is 0.419. The van der Waals surface area contributed by atoms with Crippen LogP contribution < -0.4 is 9.46 Å². The second-order valence-electron chi connectivity index (χ2n) is 6.42. The van der Waals surface area contributed by atoms with Crippen LogP contribution in [0.1, 0.15) is 5.69 Å². The number of sulfonamides is 1. The Kier molecular flexibility index (Phi) is 5.86. The van der Waals surface area contributed by atoms with Gasteiger partial charge in [-0.25, -0.2) is 32.2 Å². The van der Waals surface area contributed by atoms with Crippen LogP contribution in [0.15, 0.2) is 47.8 Å². The molecule has 0 radical (unpaired) electrons. The number of aliphatic hydroxyl groups excluding tert-OH is 1. The van der Waals surface area contributed by atoms with Crippen LogP contribution in [-0.4, -0.2) is 51.8 Å². The Morgan fingerprint density at radius 2 is 1.94 bits per heavy atom. The molecule has 3 heterocycles. The predicted octanol–water partition coefficient (Wildman–Crippen LogP) is 1.62. The molecule has 1 aromatic carbocycles. The maximum Gasteiger partial charge on any atom is 0.264 e. The van der Waals surface area contributed by atoms with Crippen molar-refractivity contribution < 1.29 is 27.0 Å². The second-order valence-corrected chi connectivity index (χ2v) is 8.07. The molecule has 10 nitrogen and oxygen atoms in total. The molecule has 0 saturated heterocycles. The highest BCUT2D eigenvalue weighted by Crippen LogP contribution is 2.30. The van der Waals surface area contributed by atoms with Gasteiger partial charge in [0.15, 0.2) is 0 Å². The molecule has 4 rings (SSSR count). The van der Waals surface area contributed by atoms with E-state index in [2.05, 4.69) is 36.6 Å². The molecule has 2 N–H and O–H groups in total. The smallest absolute Gasteiger partial charge is 0.264 e. The molecule has 0 aliphatic carbocycles. The van der Waals surface area contributed by atoms with Crippen molar-refractivity contribution in [3.05, 3.63) is 60.2 Å². The largest absolute Gasteiger partial charge is 0.480 e. The molecule has 3 aromatic heterocycles. The summed E-state index contributed by atoms with van der Waals surface area (Å²) >= 11 is 0. The summed E-state index contributed by atoms with van der Waals surface area (Å²) in [7, 11) is -3.16. The van der Waals surface area contributed by atoms with E-state index in [9.17, 15) is 17.2 Å². The summed E-state index contributed by atoms with van der Waals surface area (Å²) in [6, 6.07) is 3.48. The maximum absolute atomic E-state index is 14.1. The second kappa shape index (κ2) is 8.77. The van der Waals surface area contributed by atoms with Crippen LogP contribution in [0, 0.1) is 23.5 Å². The van der Waals surface area contributed by atoms with Crippen LogP contribution in [-0.2, 0) is 10.0 Å². The molecular formula is C20H14F2N6O4S. The fourth-order valence-electron chi connectivity index (χ4n) is 2.84. The van der Waals surface area contributed by atoms with Crippen molar-refractivity contribution in [3.8, 4) is 29.0 Å². The van der Waals surface area contributed by atoms with Crippen molar-refractivity contribution in [2.75, 3.05) is 18.4 Å². The molecule has 13 heteroatoms. The number of ether oxygens (including phenoxy) is 1. The van der Waals surface area contributed by atoms with Crippen molar-refractivity contribution in [3.63, 3.8) is 0 Å². The number of nitrogens with zero attached hydrogens (tertiary/aromatic N) is 5. The van der Waals surface area contributed by atoms with Crippen LogP contribution in [0.4, 0.5) is 14.5 Å². The van der Waals surface area contributed by atoms with Crippen molar-refractivity contribution in [1.29, 1.82) is 0 Å². The Morgan fingerprint density at radius 3 is 2.67 bits per heavy atom. The summed E-state index contributed by atoms with van der Waals surface area (Å²) in [4.78, 5) is 11.6. The zero-order valence-electron chi connectivity index (χ0n) is 16.8. The Bertz CT molecular complexity index is 1530. The van der Waals surface area contributed by atoms with Gasteiger partial charge >= 0.3 is 0 Å². The van der Waals surface area contributed by atoms with Crippen LogP contribution in [0.5, 0.6) is 5.88 Å². The average molecular weight is 472 g/mol. The molecule has 0 unspecified atom stereocenters. The molecular weight excluding hydrogens is 458 g/mol. The molecule has 33 heavy (non-hydrogen) atoms. The molecule has 0 aliphatic rings. The number of imidazole rings is 1. The van der Waals surface area contributed by atoms with Gasteiger partial charge in [-0.1, -0.05) is 5.92 Å². The van der Waals surface area contributed by atoms with Gasteiger partial charge in [0.25, 0.3) is 15.8 Å². The Labute approximate surface area is 186 Å². The predicted molar refractivity (Wildman–Crippen MR) is 112 cm³/mol. The maximum atomic E-state index is 14.1. The van der Waals surface area contributed by atoms with Crippen molar-refractivity contribution in [2.24, 2.45) is 0 Å². The van der Waals surface area contributed by atoms with E-state index in [0.29, 0.717) is 17.3 Å². The zero-order valence-corrected chi connectivity index (χ0v) is 17.6. The highest BCUT2D eigenvalue weighted by atomic mass is 32.2. The Balaban J connectivity index is 1.76. The number of anilines is 1. The number of fused-ring (bicyclic) bond motifs is 1. The highest BCUT2D eigenvalue weighted by Gasteiger charge is 2.22. The average Bonchev–Trinajstić information content (AvgIpc) is 3.19. The van der Waals surface area contributed by atoms with Crippen molar-refractivity contribution in [1.82, 2.24) is 24.6 Å². The van der Waals surface area contributed by atoms with E-state index < -0.39 is 26.6 Å². The number of nitrogens with one attached hydrogen (secondary N) is 1. The van der Waals surface area contributed by atoms with Crippen LogP contribution in [0.3, 0.4) is 0 Å². The number of halogens is 2. The summed E-state index contributed by atoms with van der Waals surface area (Å²) in [5.74, 6) is 3.19. The van der Waals surface area contributed by atoms with Gasteiger partial charge in [0.05, 0.1) is 19.5 Å². The van der Waals surface area contributed by atoms with E-state index in [1.54, 1.807) is 0 Å². The summed E-state index contributed by atoms with van der Waals surface area (Å²) in [6.07, 6.45) is 4.21. The topological polar surface area (TPSA) is 132 Å². The minimum atomic E-state index is -4.44. The summed E-state index contributed by atoms with van der Waals surface area (Å²) in [5, 5.41) is 13.3. The highest BCUT2D eigenvalue weighted by molar-refractivity contribution is 7.92. The standard InChI is InChI=1S/C20H14F2N6O4S/c1-32-19-16(27-33(30,31)18-5-4-13(21)8-15(18)22)7-12(9-23-19)17-11-25-20-24-10-14(3-2-6-29)28(20)26-17/h4-5,7-11,27,29H,6H2,1H3. The minimum absolute atomic E-state index is 0.0870. The third-order valence-corrected chi connectivity index (χ3v) is 5.69. The van der Waals surface area contributed by atoms with Gasteiger partial charge in [0, 0.05) is 17.8 Å². The molecule has 0 aliphatic heterocycles. The number of hydrogen-bond acceptors (Lipinski definition) is 8. The SMILES string of the molecule is COc1ncc(-c2cnc3ncc(C#CCO)n3n2)cc1NS(=O)(=O)c1ccc(F)cc1F. The number of hydrogen-bond donors (Lipinski definition) is 2. The fraction of sp³-hybridized carbons (Fsp3) is 0.100. The van der Waals surface area contributed by atoms with Crippen LogP contribution in [0.25, 0.3) is 17.0 Å². The number of pyridine rings is 1. The van der Waals surface area contributed by atoms with Crippen molar-refractivity contribution >= 4 is 21.5 Å². The van der Waals surface area contributed by atoms with E-state index in [0.717, 1.165) is 12.1 Å². The first-order chi connectivity index (χ1) is 15.8. The first-order valence-electron chi connectivity index (χ1n) is 9.15. The normalized spacial score (nSPS) is 11.2. The molecule has 4 aromatic rings. The van der Waals surface area contributed by atoms with Gasteiger partial charge in [-0.05, 0) is 24.1 Å². The lowest BCUT2D eigenvalue weighted by Gasteiger charge is -2.13. The Morgan fingerprint density at radius 1 is 1.15 bits per heavy atom. The summed E-state index contributed by atoms with van der Waals surface area (Å²) < 4.78 is 61.3. The molecule has 168 valence electrons. The fourth-order valence-corrected chi connectivity index (χ4v) is 3.95. The summed E-state index contributed by atoms with van der Waals surface area (Å²) in [6.45, 7) is -0.346.